The molecular weight excluding hydrogens is 330 g/mol. The number of benzene rings is 1. The van der Waals surface area contributed by atoms with Gasteiger partial charge in [0.1, 0.15) is 0 Å². The van der Waals surface area contributed by atoms with Crippen LogP contribution < -0.4 is 5.32 Å². The van der Waals surface area contributed by atoms with Crippen molar-refractivity contribution in [3.8, 4) is 0 Å². The molecule has 0 unspecified atom stereocenters. The molecule has 4 fully saturated rings. The van der Waals surface area contributed by atoms with Crippen LogP contribution in [0.1, 0.15) is 70.4 Å². The van der Waals surface area contributed by atoms with Gasteiger partial charge in [0.25, 0.3) is 0 Å². The molecule has 5 aliphatic rings. The van der Waals surface area contributed by atoms with E-state index in [2.05, 4.69) is 50.4 Å². The number of aliphatic imine (C=N–C) groups is 2. The van der Waals surface area contributed by atoms with E-state index in [1.807, 2.05) is 0 Å². The second kappa shape index (κ2) is 6.27. The third-order valence-electron chi connectivity index (χ3n) is 7.39. The van der Waals surface area contributed by atoms with Crippen molar-refractivity contribution in [1.29, 1.82) is 0 Å². The molecule has 4 saturated carbocycles. The second-order valence-corrected chi connectivity index (χ2v) is 10.7. The molecule has 1 aromatic rings. The molecule has 6 rings (SSSR count). The van der Waals surface area contributed by atoms with Gasteiger partial charge in [-0.2, -0.15) is 0 Å². The van der Waals surface area contributed by atoms with Crippen LogP contribution in [-0.4, -0.2) is 30.2 Å². The van der Waals surface area contributed by atoms with Gasteiger partial charge in [0.2, 0.25) is 0 Å². The SMILES string of the molecule is CC(C)(C)c1ccc(C2=NCC(CNC34CC5CC(CC(C5)C3)C4)=N2)cc1. The number of nitrogens with zero attached hydrogens (tertiary/aromatic N) is 2. The number of nitrogens with one attached hydrogen (secondary N) is 1. The summed E-state index contributed by atoms with van der Waals surface area (Å²) in [5, 5.41) is 3.97. The van der Waals surface area contributed by atoms with Crippen molar-refractivity contribution in [1.82, 2.24) is 5.32 Å². The molecule has 4 aliphatic carbocycles. The summed E-state index contributed by atoms with van der Waals surface area (Å²) in [7, 11) is 0. The van der Waals surface area contributed by atoms with Crippen LogP contribution in [0.5, 0.6) is 0 Å². The van der Waals surface area contributed by atoms with Gasteiger partial charge in [-0.25, -0.2) is 4.99 Å². The minimum atomic E-state index is 0.187. The van der Waals surface area contributed by atoms with E-state index in [-0.39, 0.29) is 5.41 Å². The molecule has 4 bridgehead atoms. The van der Waals surface area contributed by atoms with Gasteiger partial charge in [-0.15, -0.1) is 0 Å². The molecule has 0 amide bonds. The van der Waals surface area contributed by atoms with E-state index in [1.165, 1.54) is 49.8 Å². The highest BCUT2D eigenvalue weighted by Gasteiger charge is 2.50. The highest BCUT2D eigenvalue weighted by Crippen LogP contribution is 2.55. The maximum absolute atomic E-state index is 4.87. The van der Waals surface area contributed by atoms with Gasteiger partial charge in [-0.3, -0.25) is 4.99 Å². The summed E-state index contributed by atoms with van der Waals surface area (Å²) in [5.41, 5.74) is 4.31. The minimum Gasteiger partial charge on any atom is -0.306 e. The standard InChI is InChI=1S/C24H33N3/c1-23(2,3)20-6-4-19(5-7-20)22-25-14-21(27-22)15-26-24-11-16-8-17(12-24)10-18(9-16)13-24/h4-7,16-18,26H,8-15H2,1-3H3. The summed E-state index contributed by atoms with van der Waals surface area (Å²) in [6, 6.07) is 8.80. The third-order valence-corrected chi connectivity index (χ3v) is 7.39. The van der Waals surface area contributed by atoms with E-state index in [4.69, 9.17) is 9.98 Å². The fraction of sp³-hybridized carbons (Fsp3) is 0.667. The van der Waals surface area contributed by atoms with Crippen molar-refractivity contribution in [3.05, 3.63) is 35.4 Å². The smallest absolute Gasteiger partial charge is 0.154 e. The molecule has 0 aromatic heterocycles. The van der Waals surface area contributed by atoms with Crippen molar-refractivity contribution in [2.24, 2.45) is 27.7 Å². The highest BCUT2D eigenvalue weighted by atomic mass is 15.1. The molecule has 1 N–H and O–H groups in total. The van der Waals surface area contributed by atoms with Crippen molar-refractivity contribution in [3.63, 3.8) is 0 Å². The fourth-order valence-electron chi connectivity index (χ4n) is 6.37. The summed E-state index contributed by atoms with van der Waals surface area (Å²) in [6.45, 7) is 8.43. The number of hydrogen-bond acceptors (Lipinski definition) is 3. The molecular formula is C24H33N3. The lowest BCUT2D eigenvalue weighted by Gasteiger charge is -2.57. The average molecular weight is 364 g/mol. The van der Waals surface area contributed by atoms with Gasteiger partial charge in [0.05, 0.1) is 12.3 Å². The molecule has 0 saturated heterocycles. The highest BCUT2D eigenvalue weighted by molar-refractivity contribution is 6.12. The Morgan fingerprint density at radius 2 is 1.56 bits per heavy atom. The largest absolute Gasteiger partial charge is 0.306 e. The molecule has 1 aromatic carbocycles. The third kappa shape index (κ3) is 3.40. The van der Waals surface area contributed by atoms with Gasteiger partial charge >= 0.3 is 0 Å². The normalized spacial score (nSPS) is 34.7. The zero-order valence-corrected chi connectivity index (χ0v) is 17.1. The van der Waals surface area contributed by atoms with Gasteiger partial charge in [-0.05, 0) is 67.3 Å². The van der Waals surface area contributed by atoms with Crippen LogP contribution in [0.4, 0.5) is 0 Å². The van der Waals surface area contributed by atoms with E-state index >= 15 is 0 Å². The van der Waals surface area contributed by atoms with Gasteiger partial charge in [0.15, 0.2) is 5.84 Å². The molecule has 0 atom stereocenters. The molecule has 1 heterocycles. The fourth-order valence-corrected chi connectivity index (χ4v) is 6.37. The zero-order chi connectivity index (χ0) is 18.6. The van der Waals surface area contributed by atoms with E-state index in [0.717, 1.165) is 42.2 Å². The first-order chi connectivity index (χ1) is 12.9. The quantitative estimate of drug-likeness (QED) is 0.824. The average Bonchev–Trinajstić information content (AvgIpc) is 3.07. The van der Waals surface area contributed by atoms with E-state index < -0.39 is 0 Å². The van der Waals surface area contributed by atoms with Crippen LogP contribution in [0.3, 0.4) is 0 Å². The maximum atomic E-state index is 4.87. The van der Waals surface area contributed by atoms with Gasteiger partial charge in [0, 0.05) is 17.6 Å². The zero-order valence-electron chi connectivity index (χ0n) is 17.1. The summed E-state index contributed by atoms with van der Waals surface area (Å²) in [4.78, 5) is 9.59. The summed E-state index contributed by atoms with van der Waals surface area (Å²) in [5.74, 6) is 3.88. The van der Waals surface area contributed by atoms with Crippen molar-refractivity contribution in [2.45, 2.75) is 70.3 Å². The van der Waals surface area contributed by atoms with Crippen molar-refractivity contribution < 1.29 is 0 Å². The van der Waals surface area contributed by atoms with Crippen molar-refractivity contribution in [2.75, 3.05) is 13.1 Å². The number of hydrogen-bond donors (Lipinski definition) is 1. The van der Waals surface area contributed by atoms with Gasteiger partial charge < -0.3 is 5.32 Å². The van der Waals surface area contributed by atoms with Crippen LogP contribution in [0.2, 0.25) is 0 Å². The molecule has 3 heteroatoms. The number of rotatable bonds is 4. The summed E-state index contributed by atoms with van der Waals surface area (Å²) < 4.78 is 0. The van der Waals surface area contributed by atoms with E-state index in [0.29, 0.717) is 5.54 Å². The predicted octanol–water partition coefficient (Wildman–Crippen LogP) is 4.74. The first-order valence-corrected chi connectivity index (χ1v) is 10.9. The molecule has 3 nitrogen and oxygen atoms in total. The molecule has 1 aliphatic heterocycles. The first kappa shape index (κ1) is 17.6. The lowest BCUT2D eigenvalue weighted by Crippen LogP contribution is -2.59. The predicted molar refractivity (Wildman–Crippen MR) is 113 cm³/mol. The van der Waals surface area contributed by atoms with Gasteiger partial charge in [-0.1, -0.05) is 45.0 Å². The molecule has 0 spiro atoms. The van der Waals surface area contributed by atoms with Crippen LogP contribution >= 0.6 is 0 Å². The first-order valence-electron chi connectivity index (χ1n) is 10.9. The van der Waals surface area contributed by atoms with E-state index in [1.54, 1.807) is 0 Å². The Balaban J connectivity index is 1.23. The summed E-state index contributed by atoms with van der Waals surface area (Å²) in [6.07, 6.45) is 8.69. The second-order valence-electron chi connectivity index (χ2n) is 10.7. The van der Waals surface area contributed by atoms with Crippen molar-refractivity contribution >= 4 is 11.5 Å². The Morgan fingerprint density at radius 3 is 2.11 bits per heavy atom. The number of amidine groups is 1. The van der Waals surface area contributed by atoms with Crippen LogP contribution in [0, 0.1) is 17.8 Å². The van der Waals surface area contributed by atoms with Crippen LogP contribution in [0.25, 0.3) is 0 Å². The maximum Gasteiger partial charge on any atom is 0.154 e. The van der Waals surface area contributed by atoms with E-state index in [9.17, 15) is 0 Å². The minimum absolute atomic E-state index is 0.187. The lowest BCUT2D eigenvalue weighted by atomic mass is 9.53. The van der Waals surface area contributed by atoms with Crippen LogP contribution in [-0.2, 0) is 5.41 Å². The van der Waals surface area contributed by atoms with Crippen LogP contribution in [0.15, 0.2) is 34.3 Å². The Kier molecular flexibility index (Phi) is 4.09. The molecule has 27 heavy (non-hydrogen) atoms. The molecule has 0 radical (unpaired) electrons. The topological polar surface area (TPSA) is 36.8 Å². The Labute approximate surface area is 163 Å². The Bertz CT molecular complexity index is 744. The Morgan fingerprint density at radius 1 is 0.963 bits per heavy atom. The Hall–Kier alpha value is -1.48. The lowest BCUT2D eigenvalue weighted by molar-refractivity contribution is -0.0173. The molecule has 144 valence electrons. The monoisotopic (exact) mass is 363 g/mol. The summed E-state index contributed by atoms with van der Waals surface area (Å²) >= 11 is 0.